The normalized spacial score (nSPS) is 50.2. The number of ether oxygens (including phenoxy) is 1. The molecular formula is C30H46O2. The van der Waals surface area contributed by atoms with Crippen LogP contribution in [-0.2, 0) is 4.74 Å². The third-order valence-corrected chi connectivity index (χ3v) is 11.0. The van der Waals surface area contributed by atoms with Gasteiger partial charge in [-0.2, -0.15) is 0 Å². The Balaban J connectivity index is 1.31. The van der Waals surface area contributed by atoms with Gasteiger partial charge in [-0.25, -0.2) is 0 Å². The van der Waals surface area contributed by atoms with E-state index in [0.29, 0.717) is 41.4 Å². The van der Waals surface area contributed by atoms with Crippen molar-refractivity contribution in [2.45, 2.75) is 110 Å². The largest absolute Gasteiger partial charge is 0.389 e. The van der Waals surface area contributed by atoms with Gasteiger partial charge >= 0.3 is 0 Å². The maximum Gasteiger partial charge on any atom is 0.102 e. The van der Waals surface area contributed by atoms with Crippen molar-refractivity contribution in [3.8, 4) is 0 Å². The van der Waals surface area contributed by atoms with E-state index >= 15 is 0 Å². The van der Waals surface area contributed by atoms with Crippen LogP contribution in [0.25, 0.3) is 0 Å². The molecule has 0 aromatic carbocycles. The van der Waals surface area contributed by atoms with Crippen molar-refractivity contribution in [1.29, 1.82) is 0 Å². The summed E-state index contributed by atoms with van der Waals surface area (Å²) < 4.78 is 6.74. The number of hydrogen-bond acceptors (Lipinski definition) is 2. The molecule has 1 heterocycles. The molecule has 0 aromatic rings. The van der Waals surface area contributed by atoms with Crippen LogP contribution in [0.15, 0.2) is 35.5 Å². The van der Waals surface area contributed by atoms with Crippen LogP contribution in [0.4, 0.5) is 0 Å². The summed E-state index contributed by atoms with van der Waals surface area (Å²) in [6, 6.07) is 0. The van der Waals surface area contributed by atoms with Gasteiger partial charge < -0.3 is 9.84 Å². The van der Waals surface area contributed by atoms with Crippen LogP contribution in [0.2, 0.25) is 0 Å². The van der Waals surface area contributed by atoms with Crippen LogP contribution >= 0.6 is 0 Å². The smallest absolute Gasteiger partial charge is 0.102 e. The summed E-state index contributed by atoms with van der Waals surface area (Å²) >= 11 is 0. The summed E-state index contributed by atoms with van der Waals surface area (Å²) in [7, 11) is 0. The van der Waals surface area contributed by atoms with Crippen LogP contribution in [0.3, 0.4) is 0 Å². The van der Waals surface area contributed by atoms with Crippen molar-refractivity contribution >= 4 is 0 Å². The second-order valence-corrected chi connectivity index (χ2v) is 12.7. The molecule has 2 heteroatoms. The van der Waals surface area contributed by atoms with E-state index in [0.717, 1.165) is 19.3 Å². The van der Waals surface area contributed by atoms with E-state index in [1.165, 1.54) is 55.2 Å². The molecule has 1 N–H and O–H groups in total. The van der Waals surface area contributed by atoms with Crippen LogP contribution in [0.1, 0.15) is 92.4 Å². The molecule has 1 aliphatic heterocycles. The van der Waals surface area contributed by atoms with Crippen molar-refractivity contribution in [1.82, 2.24) is 0 Å². The first-order chi connectivity index (χ1) is 15.1. The van der Waals surface area contributed by atoms with Gasteiger partial charge in [0.15, 0.2) is 0 Å². The first-order valence-electron chi connectivity index (χ1n) is 13.5. The molecule has 0 aromatic heterocycles. The highest BCUT2D eigenvalue weighted by Crippen LogP contribution is 2.72. The number of aliphatic hydroxyl groups excluding tert-OH is 1. The Bertz CT molecular complexity index is 838. The summed E-state index contributed by atoms with van der Waals surface area (Å²) in [4.78, 5) is 0. The number of hydrogen-bond donors (Lipinski definition) is 1. The zero-order valence-corrected chi connectivity index (χ0v) is 21.3. The Kier molecular flexibility index (Phi) is 5.61. The van der Waals surface area contributed by atoms with Gasteiger partial charge in [0, 0.05) is 0 Å². The topological polar surface area (TPSA) is 32.8 Å². The Morgan fingerprint density at radius 2 is 1.69 bits per heavy atom. The first kappa shape index (κ1) is 22.9. The van der Waals surface area contributed by atoms with Crippen molar-refractivity contribution in [2.24, 2.45) is 41.4 Å². The van der Waals surface area contributed by atoms with Gasteiger partial charge in [-0.05, 0) is 112 Å². The minimum Gasteiger partial charge on any atom is -0.389 e. The van der Waals surface area contributed by atoms with Gasteiger partial charge in [0.1, 0.15) is 11.2 Å². The quantitative estimate of drug-likeness (QED) is 0.370. The van der Waals surface area contributed by atoms with Gasteiger partial charge in [0.05, 0.1) is 6.10 Å². The van der Waals surface area contributed by atoms with Gasteiger partial charge in [-0.15, -0.1) is 0 Å². The highest BCUT2D eigenvalue weighted by Gasteiger charge is 2.79. The van der Waals surface area contributed by atoms with Gasteiger partial charge in [0.2, 0.25) is 0 Å². The molecule has 5 rings (SSSR count). The van der Waals surface area contributed by atoms with Crippen molar-refractivity contribution in [3.05, 3.63) is 35.5 Å². The Labute approximate surface area is 196 Å². The van der Waals surface area contributed by atoms with Gasteiger partial charge in [0.25, 0.3) is 0 Å². The highest BCUT2D eigenvalue weighted by atomic mass is 16.6. The molecule has 0 amide bonds. The molecule has 4 unspecified atom stereocenters. The molecule has 0 radical (unpaired) electrons. The summed E-state index contributed by atoms with van der Waals surface area (Å²) in [6.07, 6.45) is 10.4. The highest BCUT2D eigenvalue weighted by molar-refractivity contribution is 5.33. The van der Waals surface area contributed by atoms with Crippen LogP contribution in [0, 0.1) is 41.4 Å². The number of allylic oxidation sites excluding steroid dienone is 3. The predicted octanol–water partition coefficient (Wildman–Crippen LogP) is 7.24. The summed E-state index contributed by atoms with van der Waals surface area (Å²) in [5.41, 5.74) is 6.00. The SMILES string of the molecule is C=C(C)[C@@H]1CC[C@H](C)C23CC(CC(=C)[C@@H]4CC[C@H](C)C5=C(C4)[C@@H](C)CC5O)[C@H](C)C2(C1)O3. The average Bonchev–Trinajstić information content (AvgIpc) is 3.29. The van der Waals surface area contributed by atoms with Crippen molar-refractivity contribution in [3.63, 3.8) is 0 Å². The molecule has 3 fully saturated rings. The number of rotatable bonds is 4. The van der Waals surface area contributed by atoms with E-state index in [4.69, 9.17) is 11.3 Å². The zero-order valence-electron chi connectivity index (χ0n) is 21.3. The summed E-state index contributed by atoms with van der Waals surface area (Å²) in [6.45, 7) is 20.8. The fourth-order valence-corrected chi connectivity index (χ4v) is 8.77. The molecule has 4 aliphatic carbocycles. The van der Waals surface area contributed by atoms with E-state index in [2.05, 4.69) is 41.2 Å². The second kappa shape index (κ2) is 7.84. The van der Waals surface area contributed by atoms with Crippen LogP contribution in [0.5, 0.6) is 0 Å². The average molecular weight is 439 g/mol. The Hall–Kier alpha value is -0.860. The molecule has 0 spiro atoms. The maximum absolute atomic E-state index is 10.6. The lowest BCUT2D eigenvalue weighted by atomic mass is 9.77. The lowest BCUT2D eigenvalue weighted by Crippen LogP contribution is -2.30. The lowest BCUT2D eigenvalue weighted by Gasteiger charge is -2.30. The molecule has 5 aliphatic rings. The Morgan fingerprint density at radius 3 is 2.41 bits per heavy atom. The fourth-order valence-electron chi connectivity index (χ4n) is 8.77. The molecule has 32 heavy (non-hydrogen) atoms. The molecule has 1 saturated heterocycles. The van der Waals surface area contributed by atoms with E-state index < -0.39 is 0 Å². The third-order valence-electron chi connectivity index (χ3n) is 11.0. The van der Waals surface area contributed by atoms with E-state index in [9.17, 15) is 5.11 Å². The number of epoxide rings is 1. The Morgan fingerprint density at radius 1 is 0.969 bits per heavy atom. The van der Waals surface area contributed by atoms with E-state index in [-0.39, 0.29) is 17.3 Å². The van der Waals surface area contributed by atoms with Gasteiger partial charge in [-0.1, -0.05) is 57.6 Å². The van der Waals surface area contributed by atoms with Crippen LogP contribution < -0.4 is 0 Å². The molecular weight excluding hydrogens is 392 g/mol. The summed E-state index contributed by atoms with van der Waals surface area (Å²) in [5.74, 6) is 4.22. The third kappa shape index (κ3) is 3.26. The van der Waals surface area contributed by atoms with Crippen molar-refractivity contribution in [2.75, 3.05) is 0 Å². The second-order valence-electron chi connectivity index (χ2n) is 12.7. The zero-order chi connectivity index (χ0) is 23.0. The molecule has 0 bridgehead atoms. The predicted molar refractivity (Wildman–Crippen MR) is 132 cm³/mol. The van der Waals surface area contributed by atoms with E-state index in [1.807, 2.05) is 0 Å². The summed E-state index contributed by atoms with van der Waals surface area (Å²) in [5, 5.41) is 10.6. The number of aliphatic hydroxyl groups is 1. The fraction of sp³-hybridized carbons (Fsp3) is 0.800. The van der Waals surface area contributed by atoms with Gasteiger partial charge in [-0.3, -0.25) is 0 Å². The molecule has 10 atom stereocenters. The standard InChI is InChI=1S/C30H46O2/c1-17(2)24-11-9-21(6)29-16-25(22(7)30(29,15-24)32-29)12-19(4)23-10-8-18(3)28-26(14-23)20(5)13-27(28)31/h18,20-25,27,31H,1,4,8-16H2,2-3,5-7H3/t18-,20-,21-,22-,23+,24+,25?,27?,29?,30?/m0/s1. The molecule has 2 saturated carbocycles. The molecule has 2 nitrogen and oxygen atoms in total. The molecule has 178 valence electrons. The minimum atomic E-state index is -0.200. The lowest BCUT2D eigenvalue weighted by molar-refractivity contribution is 0.0875. The van der Waals surface area contributed by atoms with E-state index in [1.54, 1.807) is 5.57 Å². The maximum atomic E-state index is 10.6. The first-order valence-corrected chi connectivity index (χ1v) is 13.5. The van der Waals surface area contributed by atoms with Crippen molar-refractivity contribution < 1.29 is 9.84 Å². The van der Waals surface area contributed by atoms with Crippen LogP contribution in [-0.4, -0.2) is 22.4 Å². The monoisotopic (exact) mass is 438 g/mol. The minimum absolute atomic E-state index is 0.0925.